The van der Waals surface area contributed by atoms with E-state index in [1.54, 1.807) is 0 Å². The third-order valence-corrected chi connectivity index (χ3v) is 5.14. The topological polar surface area (TPSA) is 52.5 Å². The summed E-state index contributed by atoms with van der Waals surface area (Å²) in [6.45, 7) is 5.00. The summed E-state index contributed by atoms with van der Waals surface area (Å²) in [6.07, 6.45) is 4.18. The summed E-state index contributed by atoms with van der Waals surface area (Å²) < 4.78 is 13.9. The molecule has 5 nitrogen and oxygen atoms in total. The van der Waals surface area contributed by atoms with E-state index < -0.39 is 0 Å². The molecule has 0 unspecified atom stereocenters. The summed E-state index contributed by atoms with van der Waals surface area (Å²) in [5.41, 5.74) is 0.987. The van der Waals surface area contributed by atoms with Crippen molar-refractivity contribution in [2.75, 3.05) is 6.79 Å². The van der Waals surface area contributed by atoms with Gasteiger partial charge in [0.25, 0.3) is 5.91 Å². The molecule has 24 heavy (non-hydrogen) atoms. The second-order valence-electron chi connectivity index (χ2n) is 6.10. The minimum Gasteiger partial charge on any atom is -0.454 e. The molecule has 3 aromatic rings. The number of aromatic nitrogens is 1. The molecule has 0 aliphatic carbocycles. The number of benzene rings is 1. The number of carbonyl (C=O) groups excluding carboxylic acids is 1. The van der Waals surface area contributed by atoms with E-state index in [1.165, 1.54) is 11.3 Å². The fourth-order valence-corrected chi connectivity index (χ4v) is 3.68. The van der Waals surface area contributed by atoms with Gasteiger partial charge in [0.05, 0.1) is 9.58 Å². The first kappa shape index (κ1) is 15.1. The summed E-state index contributed by atoms with van der Waals surface area (Å²) >= 11 is 1.52. The zero-order valence-corrected chi connectivity index (χ0v) is 14.4. The molecule has 0 saturated heterocycles. The van der Waals surface area contributed by atoms with Gasteiger partial charge >= 0.3 is 0 Å². The standard InChI is InChI=1S/C18H18N2O3S/c1-11(2)20-8-13-6-16(24-17(13)9-20)18(21)19-7-12-3-4-14-15(5-12)23-10-22-14/h3-6,8-9,11H,7,10H2,1-2H3,(H,19,21). The minimum atomic E-state index is -0.0510. The Labute approximate surface area is 143 Å². The number of hydrogen-bond donors (Lipinski definition) is 1. The second-order valence-corrected chi connectivity index (χ2v) is 7.18. The predicted octanol–water partition coefficient (Wildman–Crippen LogP) is 3.94. The SMILES string of the molecule is CC(C)n1cc2cc(C(=O)NCc3ccc4c(c3)OCO4)sc2c1. The van der Waals surface area contributed by atoms with Crippen LogP contribution in [0, 0.1) is 0 Å². The van der Waals surface area contributed by atoms with E-state index in [1.807, 2.05) is 24.3 Å². The van der Waals surface area contributed by atoms with Crippen molar-refractivity contribution < 1.29 is 14.3 Å². The van der Waals surface area contributed by atoms with E-state index in [4.69, 9.17) is 9.47 Å². The smallest absolute Gasteiger partial charge is 0.261 e. The maximum absolute atomic E-state index is 12.4. The molecule has 6 heteroatoms. The van der Waals surface area contributed by atoms with Crippen LogP contribution >= 0.6 is 11.3 Å². The predicted molar refractivity (Wildman–Crippen MR) is 93.9 cm³/mol. The lowest BCUT2D eigenvalue weighted by Crippen LogP contribution is -2.21. The Morgan fingerprint density at radius 2 is 2.08 bits per heavy atom. The number of hydrogen-bond acceptors (Lipinski definition) is 4. The van der Waals surface area contributed by atoms with Crippen molar-refractivity contribution in [1.82, 2.24) is 9.88 Å². The molecule has 0 fully saturated rings. The Kier molecular flexibility index (Phi) is 3.69. The van der Waals surface area contributed by atoms with Gasteiger partial charge in [0, 0.05) is 30.4 Å². The molecule has 1 aliphatic heterocycles. The molecule has 4 rings (SSSR count). The van der Waals surface area contributed by atoms with Gasteiger partial charge < -0.3 is 19.4 Å². The zero-order valence-electron chi connectivity index (χ0n) is 13.5. The highest BCUT2D eigenvalue weighted by atomic mass is 32.1. The van der Waals surface area contributed by atoms with Crippen molar-refractivity contribution >= 4 is 27.3 Å². The summed E-state index contributed by atoms with van der Waals surface area (Å²) in [5, 5.41) is 4.08. The number of nitrogens with one attached hydrogen (secondary N) is 1. The van der Waals surface area contributed by atoms with Crippen molar-refractivity contribution in [1.29, 1.82) is 0 Å². The van der Waals surface area contributed by atoms with Gasteiger partial charge in [-0.3, -0.25) is 4.79 Å². The Morgan fingerprint density at radius 1 is 1.25 bits per heavy atom. The van der Waals surface area contributed by atoms with E-state index in [9.17, 15) is 4.79 Å². The summed E-state index contributed by atoms with van der Waals surface area (Å²) in [7, 11) is 0. The number of amides is 1. The monoisotopic (exact) mass is 342 g/mol. The molecule has 3 heterocycles. The quantitative estimate of drug-likeness (QED) is 0.781. The number of nitrogens with zero attached hydrogens (tertiary/aromatic N) is 1. The molecule has 2 aromatic heterocycles. The number of thiophene rings is 1. The van der Waals surface area contributed by atoms with Crippen LogP contribution in [0.4, 0.5) is 0 Å². The zero-order chi connectivity index (χ0) is 16.7. The third kappa shape index (κ3) is 2.73. The Morgan fingerprint density at radius 3 is 2.88 bits per heavy atom. The second kappa shape index (κ2) is 5.87. The average molecular weight is 342 g/mol. The maximum atomic E-state index is 12.4. The maximum Gasteiger partial charge on any atom is 0.261 e. The largest absolute Gasteiger partial charge is 0.454 e. The third-order valence-electron chi connectivity index (χ3n) is 4.06. The fraction of sp³-hybridized carbons (Fsp3) is 0.278. The number of carbonyl (C=O) groups is 1. The molecule has 0 saturated carbocycles. The van der Waals surface area contributed by atoms with Crippen LogP contribution in [0.2, 0.25) is 0 Å². The van der Waals surface area contributed by atoms with Gasteiger partial charge in [0.15, 0.2) is 11.5 Å². The van der Waals surface area contributed by atoms with Crippen LogP contribution in [0.15, 0.2) is 36.7 Å². The highest BCUT2D eigenvalue weighted by molar-refractivity contribution is 7.20. The van der Waals surface area contributed by atoms with E-state index >= 15 is 0 Å². The summed E-state index contributed by atoms with van der Waals surface area (Å²) in [5.74, 6) is 1.43. The molecule has 0 spiro atoms. The first-order valence-electron chi connectivity index (χ1n) is 7.88. The van der Waals surface area contributed by atoms with Crippen LogP contribution in [0.3, 0.4) is 0 Å². The summed E-state index contributed by atoms with van der Waals surface area (Å²) in [6, 6.07) is 8.08. The average Bonchev–Trinajstić information content (AvgIpc) is 3.25. The van der Waals surface area contributed by atoms with Crippen LogP contribution < -0.4 is 14.8 Å². The molecule has 0 radical (unpaired) electrons. The Hall–Kier alpha value is -2.47. The van der Waals surface area contributed by atoms with Crippen molar-refractivity contribution in [2.45, 2.75) is 26.4 Å². The number of rotatable bonds is 4. The Bertz CT molecular complexity index is 879. The highest BCUT2D eigenvalue weighted by Crippen LogP contribution is 2.32. The van der Waals surface area contributed by atoms with E-state index in [-0.39, 0.29) is 12.7 Å². The number of ether oxygens (including phenoxy) is 2. The van der Waals surface area contributed by atoms with Gasteiger partial charge in [0.1, 0.15) is 0 Å². The highest BCUT2D eigenvalue weighted by Gasteiger charge is 2.15. The molecular weight excluding hydrogens is 324 g/mol. The molecule has 124 valence electrons. The van der Waals surface area contributed by atoms with Crippen molar-refractivity contribution in [3.8, 4) is 11.5 Å². The molecule has 1 aromatic carbocycles. The molecule has 0 atom stereocenters. The van der Waals surface area contributed by atoms with Crippen LogP contribution in [0.25, 0.3) is 10.1 Å². The normalized spacial score (nSPS) is 13.0. The summed E-state index contributed by atoms with van der Waals surface area (Å²) in [4.78, 5) is 13.1. The lowest BCUT2D eigenvalue weighted by molar-refractivity contribution is 0.0955. The molecule has 1 amide bonds. The fourth-order valence-electron chi connectivity index (χ4n) is 2.68. The van der Waals surface area contributed by atoms with Gasteiger partial charge in [-0.2, -0.15) is 0 Å². The number of fused-ring (bicyclic) bond motifs is 2. The van der Waals surface area contributed by atoms with Gasteiger partial charge in [0.2, 0.25) is 6.79 Å². The molecule has 1 N–H and O–H groups in total. The van der Waals surface area contributed by atoms with Crippen molar-refractivity contribution in [2.24, 2.45) is 0 Å². The lowest BCUT2D eigenvalue weighted by Gasteiger charge is -2.06. The van der Waals surface area contributed by atoms with E-state index in [2.05, 4.69) is 36.1 Å². The van der Waals surface area contributed by atoms with Crippen LogP contribution in [0.1, 0.15) is 35.1 Å². The van der Waals surface area contributed by atoms with Gasteiger partial charge in [-0.15, -0.1) is 11.3 Å². The van der Waals surface area contributed by atoms with Gasteiger partial charge in [-0.05, 0) is 37.6 Å². The van der Waals surface area contributed by atoms with E-state index in [0.717, 1.165) is 32.0 Å². The van der Waals surface area contributed by atoms with Crippen LogP contribution in [0.5, 0.6) is 11.5 Å². The molecule has 0 bridgehead atoms. The van der Waals surface area contributed by atoms with Crippen molar-refractivity contribution in [3.63, 3.8) is 0 Å². The molecular formula is C18H18N2O3S. The first-order valence-corrected chi connectivity index (χ1v) is 8.69. The van der Waals surface area contributed by atoms with Crippen LogP contribution in [-0.2, 0) is 6.54 Å². The Balaban J connectivity index is 1.45. The van der Waals surface area contributed by atoms with Crippen molar-refractivity contribution in [3.05, 3.63) is 47.1 Å². The van der Waals surface area contributed by atoms with Gasteiger partial charge in [-0.1, -0.05) is 6.07 Å². The van der Waals surface area contributed by atoms with Gasteiger partial charge in [-0.25, -0.2) is 0 Å². The molecule has 1 aliphatic rings. The lowest BCUT2D eigenvalue weighted by atomic mass is 10.2. The van der Waals surface area contributed by atoms with E-state index in [0.29, 0.717) is 12.6 Å². The van der Waals surface area contributed by atoms with Crippen LogP contribution in [-0.4, -0.2) is 17.3 Å². The minimum absolute atomic E-state index is 0.0510. The first-order chi connectivity index (χ1) is 11.6.